The molecule has 114 valence electrons. The van der Waals surface area contributed by atoms with Gasteiger partial charge in [-0.1, -0.05) is 54.6 Å². The summed E-state index contributed by atoms with van der Waals surface area (Å²) in [6.45, 7) is 0. The highest BCUT2D eigenvalue weighted by Crippen LogP contribution is 2.46. The van der Waals surface area contributed by atoms with Gasteiger partial charge in [0, 0.05) is 6.07 Å². The van der Waals surface area contributed by atoms with Gasteiger partial charge in [-0.2, -0.15) is 0 Å². The van der Waals surface area contributed by atoms with Crippen molar-refractivity contribution in [3.63, 3.8) is 0 Å². The predicted molar refractivity (Wildman–Crippen MR) is 96.4 cm³/mol. The zero-order chi connectivity index (χ0) is 16.3. The van der Waals surface area contributed by atoms with Crippen LogP contribution in [0.15, 0.2) is 66.7 Å². The van der Waals surface area contributed by atoms with E-state index in [4.69, 9.17) is 0 Å². The van der Waals surface area contributed by atoms with E-state index in [1.54, 1.807) is 6.07 Å². The number of non-ortho nitro benzene ring substituents is 1. The lowest BCUT2D eigenvalue weighted by molar-refractivity contribution is -0.383. The summed E-state index contributed by atoms with van der Waals surface area (Å²) in [5.41, 5.74) is 4.87. The highest BCUT2D eigenvalue weighted by molar-refractivity contribution is 6.08. The number of hydrogen-bond donors (Lipinski definition) is 0. The minimum atomic E-state index is -0.274. The van der Waals surface area contributed by atoms with E-state index in [1.165, 1.54) is 21.9 Å². The Kier molecular flexibility index (Phi) is 2.57. The van der Waals surface area contributed by atoms with Gasteiger partial charge in [0.25, 0.3) is 5.69 Å². The third kappa shape index (κ3) is 1.67. The summed E-state index contributed by atoms with van der Waals surface area (Å²) in [5, 5.41) is 15.6. The highest BCUT2D eigenvalue weighted by atomic mass is 16.6. The average Bonchev–Trinajstić information content (AvgIpc) is 3.00. The number of rotatable bonds is 1. The Morgan fingerprint density at radius 2 is 1.54 bits per heavy atom. The molecule has 4 aromatic rings. The lowest BCUT2D eigenvalue weighted by Gasteiger charge is -2.08. The molecule has 0 saturated heterocycles. The van der Waals surface area contributed by atoms with E-state index in [9.17, 15) is 10.1 Å². The largest absolute Gasteiger partial charge is 0.277 e. The van der Waals surface area contributed by atoms with Crippen LogP contribution in [0.3, 0.4) is 0 Å². The Morgan fingerprint density at radius 1 is 0.833 bits per heavy atom. The second-order valence-electron chi connectivity index (χ2n) is 6.22. The number of nitrogens with zero attached hydrogens (tertiary/aromatic N) is 1. The molecular weight excluding hydrogens is 298 g/mol. The number of nitro groups is 1. The molecule has 0 heterocycles. The molecule has 3 heteroatoms. The Hall–Kier alpha value is -3.20. The Morgan fingerprint density at radius 3 is 2.33 bits per heavy atom. The number of fused-ring (bicyclic) bond motifs is 7. The summed E-state index contributed by atoms with van der Waals surface area (Å²) in [7, 11) is 0. The van der Waals surface area contributed by atoms with Crippen molar-refractivity contribution in [2.75, 3.05) is 0 Å². The standard InChI is InChI=1S/C21H13NO2/c23-22(24)20-12-14-11-19-15-6-2-1-5-13(15)9-10-18(19)21(14)17-8-4-3-7-16(17)20/h1-10,12H,11H2. The molecule has 4 aromatic carbocycles. The molecule has 0 atom stereocenters. The van der Waals surface area contributed by atoms with Crippen LogP contribution in [0.4, 0.5) is 5.69 Å². The summed E-state index contributed by atoms with van der Waals surface area (Å²) >= 11 is 0. The molecule has 0 aliphatic heterocycles. The van der Waals surface area contributed by atoms with E-state index in [2.05, 4.69) is 24.3 Å². The maximum absolute atomic E-state index is 11.5. The molecule has 0 fully saturated rings. The molecule has 0 amide bonds. The number of nitro benzene ring substituents is 1. The Balaban J connectivity index is 1.92. The van der Waals surface area contributed by atoms with Crippen molar-refractivity contribution in [2.45, 2.75) is 6.42 Å². The molecule has 0 radical (unpaired) electrons. The van der Waals surface area contributed by atoms with Crippen LogP contribution in [0.25, 0.3) is 32.7 Å². The van der Waals surface area contributed by atoms with Gasteiger partial charge in [-0.25, -0.2) is 0 Å². The van der Waals surface area contributed by atoms with Gasteiger partial charge in [-0.05, 0) is 50.9 Å². The molecule has 3 nitrogen and oxygen atoms in total. The van der Waals surface area contributed by atoms with Crippen molar-refractivity contribution in [1.29, 1.82) is 0 Å². The maximum atomic E-state index is 11.5. The predicted octanol–water partition coefficient (Wildman–Crippen LogP) is 5.47. The smallest absolute Gasteiger partial charge is 0.258 e. The summed E-state index contributed by atoms with van der Waals surface area (Å²) < 4.78 is 0. The van der Waals surface area contributed by atoms with E-state index < -0.39 is 0 Å². The van der Waals surface area contributed by atoms with Crippen molar-refractivity contribution < 1.29 is 4.92 Å². The van der Waals surface area contributed by atoms with Gasteiger partial charge in [-0.15, -0.1) is 0 Å². The van der Waals surface area contributed by atoms with Crippen LogP contribution in [0, 0.1) is 10.1 Å². The third-order valence-electron chi connectivity index (χ3n) is 4.98. The Labute approximate surface area is 138 Å². The SMILES string of the molecule is O=[N+]([O-])c1cc2c(c3ccccc13)-c1ccc3ccccc3c1C2. The molecule has 0 unspecified atom stereocenters. The lowest BCUT2D eigenvalue weighted by atomic mass is 9.95. The van der Waals surface area contributed by atoms with Crippen LogP contribution in [-0.2, 0) is 6.42 Å². The van der Waals surface area contributed by atoms with Crippen molar-refractivity contribution in [1.82, 2.24) is 0 Å². The quantitative estimate of drug-likeness (QED) is 0.304. The van der Waals surface area contributed by atoms with Crippen LogP contribution < -0.4 is 0 Å². The summed E-state index contributed by atoms with van der Waals surface area (Å²) in [6, 6.07) is 22.0. The molecule has 1 aliphatic carbocycles. The zero-order valence-corrected chi connectivity index (χ0v) is 12.8. The number of hydrogen-bond acceptors (Lipinski definition) is 2. The second-order valence-corrected chi connectivity index (χ2v) is 6.22. The minimum Gasteiger partial charge on any atom is -0.258 e. The molecule has 0 bridgehead atoms. The van der Waals surface area contributed by atoms with E-state index in [0.717, 1.165) is 22.9 Å². The fraction of sp³-hybridized carbons (Fsp3) is 0.0476. The summed E-state index contributed by atoms with van der Waals surface area (Å²) in [5.74, 6) is 0. The van der Waals surface area contributed by atoms with E-state index >= 15 is 0 Å². The molecule has 0 aromatic heterocycles. The van der Waals surface area contributed by atoms with Crippen LogP contribution in [-0.4, -0.2) is 4.92 Å². The first-order valence-electron chi connectivity index (χ1n) is 7.94. The molecule has 5 rings (SSSR count). The molecule has 0 N–H and O–H groups in total. The van der Waals surface area contributed by atoms with Crippen molar-refractivity contribution in [3.05, 3.63) is 88.0 Å². The number of benzene rings is 4. The van der Waals surface area contributed by atoms with Gasteiger partial charge >= 0.3 is 0 Å². The zero-order valence-electron chi connectivity index (χ0n) is 12.8. The third-order valence-corrected chi connectivity index (χ3v) is 4.98. The van der Waals surface area contributed by atoms with Crippen molar-refractivity contribution in [3.8, 4) is 11.1 Å². The van der Waals surface area contributed by atoms with E-state index in [1.807, 2.05) is 36.4 Å². The first-order chi connectivity index (χ1) is 11.7. The van der Waals surface area contributed by atoms with Crippen molar-refractivity contribution >= 4 is 27.2 Å². The minimum absolute atomic E-state index is 0.196. The fourth-order valence-electron chi connectivity index (χ4n) is 3.97. The van der Waals surface area contributed by atoms with Crippen molar-refractivity contribution in [2.24, 2.45) is 0 Å². The molecular formula is C21H13NO2. The van der Waals surface area contributed by atoms with Gasteiger partial charge in [0.15, 0.2) is 0 Å². The molecule has 0 spiro atoms. The fourth-order valence-corrected chi connectivity index (χ4v) is 3.97. The normalized spacial score (nSPS) is 12.3. The van der Waals surface area contributed by atoms with E-state index in [0.29, 0.717) is 5.39 Å². The molecule has 1 aliphatic rings. The van der Waals surface area contributed by atoms with Crippen LogP contribution >= 0.6 is 0 Å². The van der Waals surface area contributed by atoms with Gasteiger partial charge in [0.05, 0.1) is 10.3 Å². The Bertz CT molecular complexity index is 1160. The van der Waals surface area contributed by atoms with E-state index in [-0.39, 0.29) is 10.6 Å². The van der Waals surface area contributed by atoms with Gasteiger partial charge in [0.2, 0.25) is 0 Å². The summed E-state index contributed by atoms with van der Waals surface area (Å²) in [6.07, 6.45) is 0.748. The lowest BCUT2D eigenvalue weighted by Crippen LogP contribution is -1.93. The monoisotopic (exact) mass is 311 g/mol. The highest BCUT2D eigenvalue weighted by Gasteiger charge is 2.26. The summed E-state index contributed by atoms with van der Waals surface area (Å²) in [4.78, 5) is 11.2. The first-order valence-corrected chi connectivity index (χ1v) is 7.94. The average molecular weight is 311 g/mol. The second kappa shape index (κ2) is 4.65. The van der Waals surface area contributed by atoms with Gasteiger partial charge in [-0.3, -0.25) is 10.1 Å². The van der Waals surface area contributed by atoms with Crippen LogP contribution in [0.1, 0.15) is 11.1 Å². The topological polar surface area (TPSA) is 43.1 Å². The van der Waals surface area contributed by atoms with Crippen LogP contribution in [0.2, 0.25) is 0 Å². The molecule has 24 heavy (non-hydrogen) atoms. The molecule has 0 saturated carbocycles. The van der Waals surface area contributed by atoms with Crippen LogP contribution in [0.5, 0.6) is 0 Å². The first kappa shape index (κ1) is 13.3. The van der Waals surface area contributed by atoms with Gasteiger partial charge < -0.3 is 0 Å². The van der Waals surface area contributed by atoms with Gasteiger partial charge in [0.1, 0.15) is 0 Å². The maximum Gasteiger partial charge on any atom is 0.277 e.